The number of carbonyl (C=O) groups excluding carboxylic acids is 1. The van der Waals surface area contributed by atoms with Crippen molar-refractivity contribution in [2.75, 3.05) is 0 Å². The van der Waals surface area contributed by atoms with Gasteiger partial charge in [-0.25, -0.2) is 0 Å². The maximum Gasteiger partial charge on any atom is 0.238 e. The molecule has 0 aliphatic heterocycles. The molecule has 0 aliphatic carbocycles. The van der Waals surface area contributed by atoms with Crippen molar-refractivity contribution in [2.24, 2.45) is 0 Å². The molecule has 2 nitrogen and oxygen atoms in total. The molecule has 63 valence electrons. The normalized spacial score (nSPS) is 9.67. The zero-order chi connectivity index (χ0) is 8.81. The quantitative estimate of drug-likeness (QED) is 0.665. The zero-order valence-electron chi connectivity index (χ0n) is 6.92. The zero-order valence-corrected chi connectivity index (χ0v) is 6.92. The number of benzene rings is 1. The lowest BCUT2D eigenvalue weighted by atomic mass is 10.1. The van der Waals surface area contributed by atoms with Crippen LogP contribution in [0.15, 0.2) is 30.3 Å². The van der Waals surface area contributed by atoms with Gasteiger partial charge >= 0.3 is 0 Å². The number of hydrogen-bond donors (Lipinski definition) is 0. The molecule has 0 bridgehead atoms. The van der Waals surface area contributed by atoms with Gasteiger partial charge in [-0.1, -0.05) is 30.3 Å². The summed E-state index contributed by atoms with van der Waals surface area (Å²) in [5.41, 5.74) is 7.94. The van der Waals surface area contributed by atoms with Crippen LogP contribution in [0.5, 0.6) is 0 Å². The molecule has 1 radical (unpaired) electrons. The summed E-state index contributed by atoms with van der Waals surface area (Å²) in [6, 6.07) is 10.0. The van der Waals surface area contributed by atoms with Crippen molar-refractivity contribution in [2.45, 2.75) is 19.3 Å². The van der Waals surface area contributed by atoms with Crippen LogP contribution in [0.1, 0.15) is 18.4 Å². The average molecular weight is 162 g/mol. The summed E-state index contributed by atoms with van der Waals surface area (Å²) in [6.07, 6.45) is 2.05. The molecule has 0 unspecified atom stereocenters. The third-order valence-electron chi connectivity index (χ3n) is 1.71. The van der Waals surface area contributed by atoms with Gasteiger partial charge in [-0.3, -0.25) is 10.5 Å². The molecule has 1 N–H and O–H groups in total. The van der Waals surface area contributed by atoms with E-state index >= 15 is 0 Å². The van der Waals surface area contributed by atoms with E-state index in [0.29, 0.717) is 6.42 Å². The lowest BCUT2D eigenvalue weighted by molar-refractivity contribution is -0.118. The molecule has 0 fully saturated rings. The lowest BCUT2D eigenvalue weighted by Crippen LogP contribution is -1.97. The molecule has 0 spiro atoms. The van der Waals surface area contributed by atoms with E-state index in [9.17, 15) is 4.79 Å². The predicted octanol–water partition coefficient (Wildman–Crippen LogP) is 1.82. The van der Waals surface area contributed by atoms with E-state index in [1.165, 1.54) is 5.56 Å². The molecule has 1 aromatic rings. The highest BCUT2D eigenvalue weighted by Gasteiger charge is 1.95. The summed E-state index contributed by atoms with van der Waals surface area (Å²) >= 11 is 0. The summed E-state index contributed by atoms with van der Waals surface area (Å²) in [5.74, 6) is -0.467. The number of rotatable bonds is 4. The van der Waals surface area contributed by atoms with Crippen LogP contribution in [0.25, 0.3) is 0 Å². The van der Waals surface area contributed by atoms with Gasteiger partial charge in [0.15, 0.2) is 0 Å². The standard InChI is InChI=1S/C10H12NO/c11-10(12)8-4-7-9-5-2-1-3-6-9/h1-3,5-6,11H,4,7-8H2. The van der Waals surface area contributed by atoms with Crippen LogP contribution in [0.4, 0.5) is 0 Å². The van der Waals surface area contributed by atoms with Crippen LogP contribution in [0.2, 0.25) is 0 Å². The number of aryl methyl sites for hydroxylation is 1. The van der Waals surface area contributed by atoms with Crippen molar-refractivity contribution in [3.8, 4) is 0 Å². The Morgan fingerprint density at radius 3 is 2.50 bits per heavy atom. The molecule has 2 heteroatoms. The topological polar surface area (TPSA) is 40.9 Å². The summed E-state index contributed by atoms with van der Waals surface area (Å²) in [4.78, 5) is 10.3. The Morgan fingerprint density at radius 2 is 1.92 bits per heavy atom. The minimum atomic E-state index is -0.467. The largest absolute Gasteiger partial charge is 0.273 e. The van der Waals surface area contributed by atoms with E-state index in [0.717, 1.165) is 12.8 Å². The Morgan fingerprint density at radius 1 is 1.25 bits per heavy atom. The third-order valence-corrected chi connectivity index (χ3v) is 1.71. The summed E-state index contributed by atoms with van der Waals surface area (Å²) in [6.45, 7) is 0. The Balaban J connectivity index is 2.29. The maximum atomic E-state index is 10.3. The monoisotopic (exact) mass is 162 g/mol. The van der Waals surface area contributed by atoms with Gasteiger partial charge < -0.3 is 0 Å². The van der Waals surface area contributed by atoms with Crippen molar-refractivity contribution in [3.05, 3.63) is 35.9 Å². The van der Waals surface area contributed by atoms with Crippen molar-refractivity contribution >= 4 is 5.91 Å². The molecule has 12 heavy (non-hydrogen) atoms. The van der Waals surface area contributed by atoms with Gasteiger partial charge in [0.2, 0.25) is 5.91 Å². The van der Waals surface area contributed by atoms with Gasteiger partial charge in [-0.05, 0) is 18.4 Å². The van der Waals surface area contributed by atoms with Crippen molar-refractivity contribution in [1.29, 1.82) is 0 Å². The van der Waals surface area contributed by atoms with Gasteiger partial charge in [-0.15, -0.1) is 0 Å². The Labute approximate surface area is 72.4 Å². The number of nitrogens with one attached hydrogen (secondary N) is 1. The highest BCUT2D eigenvalue weighted by atomic mass is 16.1. The van der Waals surface area contributed by atoms with Crippen molar-refractivity contribution in [1.82, 2.24) is 5.73 Å². The van der Waals surface area contributed by atoms with E-state index in [4.69, 9.17) is 5.73 Å². The Bertz CT molecular complexity index is 243. The molecule has 0 atom stereocenters. The molecule has 0 saturated heterocycles. The molecule has 0 aromatic heterocycles. The number of amides is 1. The van der Waals surface area contributed by atoms with Crippen LogP contribution in [0, 0.1) is 0 Å². The average Bonchev–Trinajstić information content (AvgIpc) is 2.05. The Hall–Kier alpha value is -1.31. The first-order chi connectivity index (χ1) is 5.79. The second-order valence-electron chi connectivity index (χ2n) is 2.76. The first-order valence-electron chi connectivity index (χ1n) is 4.07. The van der Waals surface area contributed by atoms with E-state index < -0.39 is 5.91 Å². The minimum absolute atomic E-state index is 0.370. The fourth-order valence-electron chi connectivity index (χ4n) is 1.10. The van der Waals surface area contributed by atoms with E-state index in [2.05, 4.69) is 0 Å². The first kappa shape index (κ1) is 8.78. The van der Waals surface area contributed by atoms with Crippen LogP contribution >= 0.6 is 0 Å². The molecular weight excluding hydrogens is 150 g/mol. The van der Waals surface area contributed by atoms with Crippen LogP contribution in [-0.2, 0) is 11.2 Å². The predicted molar refractivity (Wildman–Crippen MR) is 47.5 cm³/mol. The Kier molecular flexibility index (Phi) is 3.33. The van der Waals surface area contributed by atoms with Crippen molar-refractivity contribution in [3.63, 3.8) is 0 Å². The van der Waals surface area contributed by atoms with Crippen LogP contribution in [0.3, 0.4) is 0 Å². The molecular formula is C10H12NO. The lowest BCUT2D eigenvalue weighted by Gasteiger charge is -1.97. The second-order valence-corrected chi connectivity index (χ2v) is 2.76. The second kappa shape index (κ2) is 4.54. The smallest absolute Gasteiger partial charge is 0.238 e. The first-order valence-corrected chi connectivity index (χ1v) is 4.07. The van der Waals surface area contributed by atoms with Crippen molar-refractivity contribution < 1.29 is 4.79 Å². The fourth-order valence-corrected chi connectivity index (χ4v) is 1.10. The fraction of sp³-hybridized carbons (Fsp3) is 0.300. The highest BCUT2D eigenvalue weighted by molar-refractivity contribution is 5.72. The van der Waals surface area contributed by atoms with E-state index in [1.807, 2.05) is 30.3 Å². The minimum Gasteiger partial charge on any atom is -0.273 e. The van der Waals surface area contributed by atoms with Crippen LogP contribution < -0.4 is 5.73 Å². The van der Waals surface area contributed by atoms with Crippen LogP contribution in [-0.4, -0.2) is 5.91 Å². The summed E-state index contributed by atoms with van der Waals surface area (Å²) < 4.78 is 0. The third kappa shape index (κ3) is 3.19. The molecule has 0 aliphatic rings. The van der Waals surface area contributed by atoms with Gasteiger partial charge in [0.05, 0.1) is 0 Å². The molecule has 0 saturated carbocycles. The summed E-state index contributed by atoms with van der Waals surface area (Å²) in [7, 11) is 0. The number of hydrogen-bond acceptors (Lipinski definition) is 1. The molecule has 1 amide bonds. The molecule has 0 heterocycles. The SMILES string of the molecule is [NH]C(=O)CCCc1ccccc1. The highest BCUT2D eigenvalue weighted by Crippen LogP contribution is 2.03. The summed E-state index contributed by atoms with van der Waals surface area (Å²) in [5, 5.41) is 0. The van der Waals surface area contributed by atoms with Gasteiger partial charge in [0.25, 0.3) is 0 Å². The molecule has 1 aromatic carbocycles. The number of carbonyl (C=O) groups is 1. The van der Waals surface area contributed by atoms with E-state index in [-0.39, 0.29) is 0 Å². The van der Waals surface area contributed by atoms with Gasteiger partial charge in [0, 0.05) is 6.42 Å². The molecule has 1 rings (SSSR count). The van der Waals surface area contributed by atoms with Gasteiger partial charge in [0.1, 0.15) is 0 Å². The van der Waals surface area contributed by atoms with E-state index in [1.54, 1.807) is 0 Å². The van der Waals surface area contributed by atoms with Gasteiger partial charge in [-0.2, -0.15) is 0 Å². The maximum absolute atomic E-state index is 10.3.